The van der Waals surface area contributed by atoms with Crippen LogP contribution in [0.15, 0.2) is 30.3 Å². The molecule has 2 saturated heterocycles. The Bertz CT molecular complexity index is 766. The molecule has 1 amide bonds. The number of carbonyl (C=O) groups is 1. The van der Waals surface area contributed by atoms with Crippen LogP contribution in [0.2, 0.25) is 0 Å². The molecule has 0 aromatic heterocycles. The van der Waals surface area contributed by atoms with Gasteiger partial charge in [-0.1, -0.05) is 30.3 Å². The van der Waals surface area contributed by atoms with E-state index in [-0.39, 0.29) is 17.7 Å². The van der Waals surface area contributed by atoms with E-state index in [0.717, 1.165) is 25.9 Å². The van der Waals surface area contributed by atoms with E-state index in [4.69, 9.17) is 0 Å². The van der Waals surface area contributed by atoms with E-state index in [1.54, 1.807) is 26.0 Å². The maximum atomic E-state index is 13.1. The van der Waals surface area contributed by atoms with Crippen LogP contribution in [0.25, 0.3) is 0 Å². The molecule has 0 radical (unpaired) electrons. The lowest BCUT2D eigenvalue weighted by Gasteiger charge is -2.53. The predicted molar refractivity (Wildman–Crippen MR) is 107 cm³/mol. The van der Waals surface area contributed by atoms with Crippen molar-refractivity contribution < 1.29 is 13.2 Å². The summed E-state index contributed by atoms with van der Waals surface area (Å²) >= 11 is 0. The quantitative estimate of drug-likeness (QED) is 0.759. The van der Waals surface area contributed by atoms with Crippen LogP contribution in [0.5, 0.6) is 0 Å². The van der Waals surface area contributed by atoms with Gasteiger partial charge in [0.2, 0.25) is 15.9 Å². The third-order valence-electron chi connectivity index (χ3n) is 6.16. The molecule has 0 bridgehead atoms. The fraction of sp³-hybridized carbons (Fsp3) is 0.650. The minimum absolute atomic E-state index is 0.0530. The van der Waals surface area contributed by atoms with Crippen LogP contribution < -0.4 is 0 Å². The molecule has 0 N–H and O–H groups in total. The normalized spacial score (nSPS) is 28.5. The molecular formula is C20H31N3O3S. The lowest BCUT2D eigenvalue weighted by molar-refractivity contribution is -0.148. The molecule has 7 heteroatoms. The van der Waals surface area contributed by atoms with Gasteiger partial charge in [0.1, 0.15) is 0 Å². The Labute approximate surface area is 163 Å². The van der Waals surface area contributed by atoms with Gasteiger partial charge in [0.25, 0.3) is 0 Å². The van der Waals surface area contributed by atoms with Crippen molar-refractivity contribution in [2.45, 2.75) is 31.7 Å². The molecule has 2 atom stereocenters. The second-order valence-electron chi connectivity index (χ2n) is 8.11. The summed E-state index contributed by atoms with van der Waals surface area (Å²) < 4.78 is 26.2. The number of benzene rings is 1. The minimum atomic E-state index is -3.26. The second kappa shape index (κ2) is 7.89. The number of likely N-dealkylation sites (tertiary alicyclic amines) is 1. The van der Waals surface area contributed by atoms with E-state index in [0.29, 0.717) is 19.4 Å². The Morgan fingerprint density at radius 2 is 1.96 bits per heavy atom. The topological polar surface area (TPSA) is 60.9 Å². The highest BCUT2D eigenvalue weighted by atomic mass is 32.2. The Balaban J connectivity index is 1.72. The van der Waals surface area contributed by atoms with Crippen LogP contribution in [0.4, 0.5) is 0 Å². The number of hydrogen-bond acceptors (Lipinski definition) is 4. The third kappa shape index (κ3) is 4.05. The maximum Gasteiger partial charge on any atom is 0.231 e. The Morgan fingerprint density at radius 1 is 1.26 bits per heavy atom. The van der Waals surface area contributed by atoms with Crippen molar-refractivity contribution in [3.05, 3.63) is 35.9 Å². The van der Waals surface area contributed by atoms with Gasteiger partial charge in [-0.25, -0.2) is 12.7 Å². The van der Waals surface area contributed by atoms with Crippen molar-refractivity contribution in [3.63, 3.8) is 0 Å². The van der Waals surface area contributed by atoms with Gasteiger partial charge in [0, 0.05) is 33.7 Å². The third-order valence-corrected chi connectivity index (χ3v) is 8.01. The molecule has 0 aliphatic carbocycles. The Morgan fingerprint density at radius 3 is 2.63 bits per heavy atom. The Kier molecular flexibility index (Phi) is 5.93. The van der Waals surface area contributed by atoms with E-state index < -0.39 is 15.4 Å². The number of rotatable bonds is 5. The molecule has 0 unspecified atom stereocenters. The fourth-order valence-corrected chi connectivity index (χ4v) is 6.30. The van der Waals surface area contributed by atoms with Crippen LogP contribution in [0.3, 0.4) is 0 Å². The number of fused-ring (bicyclic) bond motifs is 1. The zero-order valence-electron chi connectivity index (χ0n) is 16.6. The Hall–Kier alpha value is -1.44. The average Bonchev–Trinajstić information content (AvgIpc) is 2.65. The van der Waals surface area contributed by atoms with Gasteiger partial charge in [-0.3, -0.25) is 4.79 Å². The zero-order chi connectivity index (χ0) is 19.7. The molecule has 2 aliphatic rings. The van der Waals surface area contributed by atoms with E-state index in [1.807, 2.05) is 6.07 Å². The number of piperidine rings is 1. The summed E-state index contributed by atoms with van der Waals surface area (Å²) in [4.78, 5) is 17.1. The summed E-state index contributed by atoms with van der Waals surface area (Å²) in [5.74, 6) is 0.110. The summed E-state index contributed by atoms with van der Waals surface area (Å²) in [5.41, 5.74) is 0.698. The van der Waals surface area contributed by atoms with E-state index in [1.165, 1.54) is 9.87 Å². The molecule has 2 heterocycles. The average molecular weight is 394 g/mol. The molecule has 0 saturated carbocycles. The van der Waals surface area contributed by atoms with Gasteiger partial charge in [-0.15, -0.1) is 0 Å². The molecule has 2 aliphatic heterocycles. The van der Waals surface area contributed by atoms with Gasteiger partial charge in [-0.2, -0.15) is 0 Å². The van der Waals surface area contributed by atoms with Crippen molar-refractivity contribution >= 4 is 15.9 Å². The number of amides is 1. The van der Waals surface area contributed by atoms with Gasteiger partial charge in [0.15, 0.2) is 0 Å². The van der Waals surface area contributed by atoms with Crippen molar-refractivity contribution in [1.82, 2.24) is 14.1 Å². The van der Waals surface area contributed by atoms with Crippen molar-refractivity contribution in [1.29, 1.82) is 0 Å². The summed E-state index contributed by atoms with van der Waals surface area (Å²) in [6.45, 7) is 2.41. The van der Waals surface area contributed by atoms with Gasteiger partial charge in [0.05, 0.1) is 11.2 Å². The molecule has 1 aromatic carbocycles. The SMILES string of the molecule is CN(C)C(=O)[C@]12CCS(=O)(=O)N(C)[C@@H]1CCN(CCCc1ccccc1)C2. The van der Waals surface area contributed by atoms with Crippen LogP contribution in [-0.4, -0.2) is 81.0 Å². The van der Waals surface area contributed by atoms with Crippen LogP contribution in [0.1, 0.15) is 24.8 Å². The molecular weight excluding hydrogens is 362 g/mol. The van der Waals surface area contributed by atoms with Gasteiger partial charge < -0.3 is 9.80 Å². The fourth-order valence-electron chi connectivity index (χ4n) is 4.69. The van der Waals surface area contributed by atoms with Gasteiger partial charge >= 0.3 is 0 Å². The number of nitrogens with zero attached hydrogens (tertiary/aromatic N) is 3. The first kappa shape index (κ1) is 20.3. The molecule has 150 valence electrons. The second-order valence-corrected chi connectivity index (χ2v) is 10.3. The number of aryl methyl sites for hydroxylation is 1. The zero-order valence-corrected chi connectivity index (χ0v) is 17.4. The first-order valence-electron chi connectivity index (χ1n) is 9.70. The van der Waals surface area contributed by atoms with Crippen molar-refractivity contribution in [3.8, 4) is 0 Å². The van der Waals surface area contributed by atoms with E-state index in [2.05, 4.69) is 29.2 Å². The molecule has 27 heavy (non-hydrogen) atoms. The van der Waals surface area contributed by atoms with E-state index in [9.17, 15) is 13.2 Å². The molecule has 3 rings (SSSR count). The number of hydrogen-bond donors (Lipinski definition) is 0. The molecule has 6 nitrogen and oxygen atoms in total. The molecule has 1 aromatic rings. The monoisotopic (exact) mass is 393 g/mol. The standard InChI is InChI=1S/C20H31N3O3S/c1-21(2)19(24)20-12-15-27(25,26)22(3)18(20)11-14-23(16-20)13-7-10-17-8-5-4-6-9-17/h4-6,8-9,18H,7,10-16H2,1-3H3/t18-,20+/m1/s1. The number of sulfonamides is 1. The van der Waals surface area contributed by atoms with Crippen molar-refractivity contribution in [2.75, 3.05) is 46.5 Å². The highest BCUT2D eigenvalue weighted by molar-refractivity contribution is 7.89. The highest BCUT2D eigenvalue weighted by Crippen LogP contribution is 2.43. The lowest BCUT2D eigenvalue weighted by Crippen LogP contribution is -2.67. The molecule has 0 spiro atoms. The predicted octanol–water partition coefficient (Wildman–Crippen LogP) is 1.43. The van der Waals surface area contributed by atoms with Crippen LogP contribution in [-0.2, 0) is 21.2 Å². The first-order chi connectivity index (χ1) is 12.8. The summed E-state index contributed by atoms with van der Waals surface area (Å²) in [6.07, 6.45) is 3.18. The van der Waals surface area contributed by atoms with Crippen LogP contribution >= 0.6 is 0 Å². The van der Waals surface area contributed by atoms with Crippen LogP contribution in [0, 0.1) is 5.41 Å². The van der Waals surface area contributed by atoms with Gasteiger partial charge in [-0.05, 0) is 44.3 Å². The highest BCUT2D eigenvalue weighted by Gasteiger charge is 2.56. The minimum Gasteiger partial charge on any atom is -0.348 e. The summed E-state index contributed by atoms with van der Waals surface area (Å²) in [5, 5.41) is 0. The lowest BCUT2D eigenvalue weighted by atomic mass is 9.72. The first-order valence-corrected chi connectivity index (χ1v) is 11.3. The van der Waals surface area contributed by atoms with E-state index >= 15 is 0 Å². The maximum absolute atomic E-state index is 13.1. The molecule has 2 fully saturated rings. The van der Waals surface area contributed by atoms with Crippen molar-refractivity contribution in [2.24, 2.45) is 5.41 Å². The smallest absolute Gasteiger partial charge is 0.231 e. The summed E-state index contributed by atoms with van der Waals surface area (Å²) in [6, 6.07) is 10.2. The largest absolute Gasteiger partial charge is 0.348 e. The summed E-state index contributed by atoms with van der Waals surface area (Å²) in [7, 11) is 1.92. The number of carbonyl (C=O) groups excluding carboxylic acids is 1.